The van der Waals surface area contributed by atoms with Gasteiger partial charge in [-0.05, 0) is 35.7 Å². The summed E-state index contributed by atoms with van der Waals surface area (Å²) in [6.07, 6.45) is -3.83. The van der Waals surface area contributed by atoms with Crippen LogP contribution in [0.15, 0.2) is 84.9 Å². The number of benzene rings is 3. The zero-order valence-corrected chi connectivity index (χ0v) is 15.1. The van der Waals surface area contributed by atoms with Gasteiger partial charge in [-0.1, -0.05) is 66.7 Å². The fourth-order valence-corrected chi connectivity index (χ4v) is 3.17. The summed E-state index contributed by atoms with van der Waals surface area (Å²) in [5.74, 6) is -0.421. The largest absolute Gasteiger partial charge is 0.416 e. The molecule has 0 aliphatic heterocycles. The van der Waals surface area contributed by atoms with E-state index in [1.807, 2.05) is 60.7 Å². The van der Waals surface area contributed by atoms with Crippen LogP contribution in [0.3, 0.4) is 0 Å². The first-order chi connectivity index (χ1) is 13.4. The van der Waals surface area contributed by atoms with Crippen molar-refractivity contribution in [3.8, 4) is 0 Å². The van der Waals surface area contributed by atoms with Gasteiger partial charge in [0.1, 0.15) is 0 Å². The van der Waals surface area contributed by atoms with Crippen molar-refractivity contribution < 1.29 is 18.0 Å². The van der Waals surface area contributed by atoms with Gasteiger partial charge in [-0.15, -0.1) is 0 Å². The zero-order valence-electron chi connectivity index (χ0n) is 15.1. The SMILES string of the molecule is O=C(NCCC(c1ccccc1)c1ccccc1)c1cccc(C(F)(F)F)c1. The first-order valence-electron chi connectivity index (χ1n) is 9.00. The van der Waals surface area contributed by atoms with E-state index in [0.717, 1.165) is 23.3 Å². The van der Waals surface area contributed by atoms with Crippen LogP contribution in [0.25, 0.3) is 0 Å². The molecule has 28 heavy (non-hydrogen) atoms. The van der Waals surface area contributed by atoms with E-state index >= 15 is 0 Å². The number of amides is 1. The average Bonchev–Trinajstić information content (AvgIpc) is 2.72. The molecule has 0 heterocycles. The summed E-state index contributed by atoms with van der Waals surface area (Å²) < 4.78 is 38.5. The number of alkyl halides is 3. The van der Waals surface area contributed by atoms with Crippen LogP contribution in [0.5, 0.6) is 0 Å². The molecule has 0 bridgehead atoms. The van der Waals surface area contributed by atoms with Gasteiger partial charge in [0, 0.05) is 18.0 Å². The molecule has 5 heteroatoms. The van der Waals surface area contributed by atoms with Gasteiger partial charge in [0.25, 0.3) is 5.91 Å². The molecule has 0 fully saturated rings. The van der Waals surface area contributed by atoms with E-state index in [4.69, 9.17) is 0 Å². The zero-order chi connectivity index (χ0) is 20.0. The molecule has 0 aliphatic carbocycles. The van der Waals surface area contributed by atoms with Crippen LogP contribution in [-0.2, 0) is 6.18 Å². The second-order valence-electron chi connectivity index (χ2n) is 6.50. The van der Waals surface area contributed by atoms with Crippen LogP contribution < -0.4 is 5.32 Å². The third-order valence-electron chi connectivity index (χ3n) is 4.57. The summed E-state index contributed by atoms with van der Waals surface area (Å²) in [5.41, 5.74) is 1.43. The third-order valence-corrected chi connectivity index (χ3v) is 4.57. The Morgan fingerprint density at radius 1 is 0.821 bits per heavy atom. The standard InChI is InChI=1S/C23H20F3NO/c24-23(25,26)20-13-7-12-19(16-20)22(28)27-15-14-21(17-8-3-1-4-9-17)18-10-5-2-6-11-18/h1-13,16,21H,14-15H2,(H,27,28). The Bertz CT molecular complexity index is 868. The molecular formula is C23H20F3NO. The molecule has 0 saturated carbocycles. The highest BCUT2D eigenvalue weighted by molar-refractivity contribution is 5.94. The molecule has 0 aromatic heterocycles. The Kier molecular flexibility index (Phi) is 6.14. The summed E-state index contributed by atoms with van der Waals surface area (Å²) in [6, 6.07) is 24.3. The predicted octanol–water partition coefficient (Wildman–Crippen LogP) is 5.66. The minimum absolute atomic E-state index is 0.00537. The van der Waals surface area contributed by atoms with Crippen molar-refractivity contribution in [2.75, 3.05) is 6.54 Å². The van der Waals surface area contributed by atoms with E-state index in [-0.39, 0.29) is 11.5 Å². The number of hydrogen-bond donors (Lipinski definition) is 1. The Hall–Kier alpha value is -3.08. The third kappa shape index (κ3) is 5.00. The Labute approximate surface area is 162 Å². The number of rotatable bonds is 6. The van der Waals surface area contributed by atoms with Crippen LogP contribution in [-0.4, -0.2) is 12.5 Å². The van der Waals surface area contributed by atoms with Gasteiger partial charge in [-0.2, -0.15) is 13.2 Å². The predicted molar refractivity (Wildman–Crippen MR) is 103 cm³/mol. The Morgan fingerprint density at radius 2 is 1.39 bits per heavy atom. The normalized spacial score (nSPS) is 11.4. The number of hydrogen-bond acceptors (Lipinski definition) is 1. The lowest BCUT2D eigenvalue weighted by Gasteiger charge is -2.18. The molecule has 1 N–H and O–H groups in total. The van der Waals surface area contributed by atoms with Gasteiger partial charge >= 0.3 is 6.18 Å². The monoisotopic (exact) mass is 383 g/mol. The minimum atomic E-state index is -4.47. The molecule has 3 aromatic rings. The number of carbonyl (C=O) groups excluding carboxylic acids is 1. The number of halogens is 3. The number of carbonyl (C=O) groups is 1. The molecule has 0 aliphatic rings. The summed E-state index contributed by atoms with van der Waals surface area (Å²) >= 11 is 0. The molecule has 0 unspecified atom stereocenters. The molecule has 0 radical (unpaired) electrons. The molecule has 3 rings (SSSR count). The average molecular weight is 383 g/mol. The van der Waals surface area contributed by atoms with Gasteiger partial charge in [-0.25, -0.2) is 0 Å². The smallest absolute Gasteiger partial charge is 0.352 e. The van der Waals surface area contributed by atoms with E-state index < -0.39 is 17.6 Å². The maximum absolute atomic E-state index is 12.8. The van der Waals surface area contributed by atoms with Crippen LogP contribution in [0.1, 0.15) is 39.4 Å². The van der Waals surface area contributed by atoms with Crippen LogP contribution in [0, 0.1) is 0 Å². The summed E-state index contributed by atoms with van der Waals surface area (Å²) in [7, 11) is 0. The van der Waals surface area contributed by atoms with Gasteiger partial charge in [-0.3, -0.25) is 4.79 Å². The highest BCUT2D eigenvalue weighted by Gasteiger charge is 2.30. The molecule has 2 nitrogen and oxygen atoms in total. The van der Waals surface area contributed by atoms with Crippen molar-refractivity contribution in [3.05, 3.63) is 107 Å². The van der Waals surface area contributed by atoms with Crippen molar-refractivity contribution >= 4 is 5.91 Å². The lowest BCUT2D eigenvalue weighted by molar-refractivity contribution is -0.137. The Balaban J connectivity index is 1.69. The molecule has 3 aromatic carbocycles. The lowest BCUT2D eigenvalue weighted by Crippen LogP contribution is -2.26. The fraction of sp³-hybridized carbons (Fsp3) is 0.174. The number of nitrogens with one attached hydrogen (secondary N) is 1. The quantitative estimate of drug-likeness (QED) is 0.585. The van der Waals surface area contributed by atoms with E-state index in [2.05, 4.69) is 5.32 Å². The highest BCUT2D eigenvalue weighted by Crippen LogP contribution is 2.30. The molecule has 0 atom stereocenters. The molecule has 144 valence electrons. The van der Waals surface area contributed by atoms with Crippen LogP contribution in [0.4, 0.5) is 13.2 Å². The summed E-state index contributed by atoms with van der Waals surface area (Å²) in [5, 5.41) is 2.74. The molecule has 1 amide bonds. The first kappa shape index (κ1) is 19.7. The summed E-state index contributed by atoms with van der Waals surface area (Å²) in [4.78, 5) is 12.3. The van der Waals surface area contributed by atoms with E-state index in [9.17, 15) is 18.0 Å². The fourth-order valence-electron chi connectivity index (χ4n) is 3.17. The maximum Gasteiger partial charge on any atom is 0.416 e. The van der Waals surface area contributed by atoms with Gasteiger partial charge in [0.05, 0.1) is 5.56 Å². The van der Waals surface area contributed by atoms with Crippen molar-refractivity contribution in [2.24, 2.45) is 0 Å². The van der Waals surface area contributed by atoms with Crippen molar-refractivity contribution in [2.45, 2.75) is 18.5 Å². The van der Waals surface area contributed by atoms with Crippen molar-refractivity contribution in [1.82, 2.24) is 5.32 Å². The molecule has 0 saturated heterocycles. The summed E-state index contributed by atoms with van der Waals surface area (Å²) in [6.45, 7) is 0.351. The second-order valence-corrected chi connectivity index (χ2v) is 6.50. The lowest BCUT2D eigenvalue weighted by atomic mass is 9.88. The van der Waals surface area contributed by atoms with Crippen molar-refractivity contribution in [3.63, 3.8) is 0 Å². The van der Waals surface area contributed by atoms with Gasteiger partial charge in [0.15, 0.2) is 0 Å². The second kappa shape index (κ2) is 8.74. The van der Waals surface area contributed by atoms with Crippen LogP contribution >= 0.6 is 0 Å². The first-order valence-corrected chi connectivity index (χ1v) is 9.00. The van der Waals surface area contributed by atoms with Crippen LogP contribution in [0.2, 0.25) is 0 Å². The van der Waals surface area contributed by atoms with Gasteiger partial charge in [0.2, 0.25) is 0 Å². The van der Waals surface area contributed by atoms with E-state index in [0.29, 0.717) is 13.0 Å². The maximum atomic E-state index is 12.8. The topological polar surface area (TPSA) is 29.1 Å². The minimum Gasteiger partial charge on any atom is -0.352 e. The van der Waals surface area contributed by atoms with E-state index in [1.165, 1.54) is 12.1 Å². The van der Waals surface area contributed by atoms with Crippen molar-refractivity contribution in [1.29, 1.82) is 0 Å². The Morgan fingerprint density at radius 3 is 1.93 bits per heavy atom. The van der Waals surface area contributed by atoms with Gasteiger partial charge < -0.3 is 5.32 Å². The molecular weight excluding hydrogens is 363 g/mol. The highest BCUT2D eigenvalue weighted by atomic mass is 19.4. The molecule has 0 spiro atoms. The van der Waals surface area contributed by atoms with E-state index in [1.54, 1.807) is 0 Å².